The van der Waals surface area contributed by atoms with Gasteiger partial charge in [0.15, 0.2) is 11.4 Å². The first-order valence-electron chi connectivity index (χ1n) is 7.40. The van der Waals surface area contributed by atoms with Gasteiger partial charge in [-0.05, 0) is 36.4 Å². The molecule has 9 heteroatoms. The fraction of sp³-hybridized carbons (Fsp3) is 0.118. The van der Waals surface area contributed by atoms with E-state index in [4.69, 9.17) is 4.74 Å². The van der Waals surface area contributed by atoms with E-state index in [9.17, 15) is 22.8 Å². The number of carbonyl (C=O) groups is 1. The molecule has 0 aliphatic rings. The van der Waals surface area contributed by atoms with Gasteiger partial charge in [-0.25, -0.2) is 9.59 Å². The maximum Gasteiger partial charge on any atom is 0.416 e. The van der Waals surface area contributed by atoms with E-state index < -0.39 is 23.3 Å². The van der Waals surface area contributed by atoms with Crippen molar-refractivity contribution in [1.82, 2.24) is 9.90 Å². The summed E-state index contributed by atoms with van der Waals surface area (Å²) in [6.45, 7) is 0. The molecule has 1 N–H and O–H groups in total. The number of esters is 1. The van der Waals surface area contributed by atoms with Crippen LogP contribution in [0.1, 0.15) is 15.9 Å². The van der Waals surface area contributed by atoms with E-state index in [0.717, 1.165) is 16.8 Å². The number of halogens is 3. The number of benzene rings is 2. The van der Waals surface area contributed by atoms with Gasteiger partial charge in [0.25, 0.3) is 0 Å². The van der Waals surface area contributed by atoms with Crippen LogP contribution >= 0.6 is 0 Å². The molecular formula is C17H13F3N3O3+. The van der Waals surface area contributed by atoms with Gasteiger partial charge in [0.2, 0.25) is 6.20 Å². The molecule has 3 aromatic rings. The molecule has 26 heavy (non-hydrogen) atoms. The minimum absolute atomic E-state index is 0.220. The largest absolute Gasteiger partial charge is 0.465 e. The number of nitrogens with zero attached hydrogens (tertiary/aromatic N) is 2. The highest BCUT2D eigenvalue weighted by Crippen LogP contribution is 2.29. The molecule has 0 atom stereocenters. The van der Waals surface area contributed by atoms with Crippen LogP contribution in [0.2, 0.25) is 0 Å². The first-order valence-corrected chi connectivity index (χ1v) is 7.40. The smallest absolute Gasteiger partial charge is 0.416 e. The summed E-state index contributed by atoms with van der Waals surface area (Å²) in [6, 6.07) is 10.6. The van der Waals surface area contributed by atoms with Crippen molar-refractivity contribution in [3.05, 3.63) is 76.2 Å². The number of aromatic amines is 1. The number of hydrogen-bond acceptors (Lipinski definition) is 3. The van der Waals surface area contributed by atoms with Gasteiger partial charge in [-0.15, -0.1) is 4.68 Å². The third-order valence-electron chi connectivity index (χ3n) is 3.69. The van der Waals surface area contributed by atoms with E-state index in [0.29, 0.717) is 5.69 Å². The van der Waals surface area contributed by atoms with Crippen LogP contribution < -0.4 is 10.2 Å². The van der Waals surface area contributed by atoms with E-state index in [1.165, 1.54) is 36.2 Å². The molecule has 134 valence electrons. The van der Waals surface area contributed by atoms with E-state index >= 15 is 0 Å². The van der Waals surface area contributed by atoms with Crippen molar-refractivity contribution in [2.24, 2.45) is 0 Å². The quantitative estimate of drug-likeness (QED) is 0.573. The lowest BCUT2D eigenvalue weighted by molar-refractivity contribution is -0.661. The van der Waals surface area contributed by atoms with E-state index in [2.05, 4.69) is 5.21 Å². The molecule has 2 aromatic carbocycles. The highest BCUT2D eigenvalue weighted by molar-refractivity contribution is 5.92. The first-order chi connectivity index (χ1) is 12.3. The zero-order valence-corrected chi connectivity index (χ0v) is 13.4. The molecule has 3 rings (SSSR count). The average molecular weight is 364 g/mol. The number of hydrogen-bond donors (Lipinski definition) is 1. The van der Waals surface area contributed by atoms with Crippen LogP contribution in [0.25, 0.3) is 11.4 Å². The summed E-state index contributed by atoms with van der Waals surface area (Å²) in [5.74, 6) is -0.587. The molecule has 0 bridgehead atoms. The first kappa shape index (κ1) is 17.5. The van der Waals surface area contributed by atoms with Crippen LogP contribution in [0.5, 0.6) is 0 Å². The molecule has 0 aliphatic carbocycles. The predicted molar refractivity (Wildman–Crippen MR) is 84.3 cm³/mol. The second-order valence-corrected chi connectivity index (χ2v) is 5.33. The van der Waals surface area contributed by atoms with Crippen LogP contribution in [0.4, 0.5) is 13.2 Å². The number of alkyl halides is 3. The van der Waals surface area contributed by atoms with Gasteiger partial charge in [0.05, 0.1) is 12.7 Å². The predicted octanol–water partition coefficient (Wildman–Crippen LogP) is 2.25. The number of H-pyrrole nitrogens is 1. The summed E-state index contributed by atoms with van der Waals surface area (Å²) in [4.78, 5) is 24.1. The summed E-state index contributed by atoms with van der Waals surface area (Å²) >= 11 is 0. The Bertz CT molecular complexity index is 1000. The Labute approximate surface area is 145 Å². The molecule has 6 nitrogen and oxygen atoms in total. The van der Waals surface area contributed by atoms with Crippen LogP contribution in [-0.2, 0) is 10.9 Å². The minimum Gasteiger partial charge on any atom is -0.465 e. The summed E-state index contributed by atoms with van der Waals surface area (Å²) in [5.41, 5.74) is -0.519. The lowest BCUT2D eigenvalue weighted by Crippen LogP contribution is -2.35. The Balaban J connectivity index is 2.04. The van der Waals surface area contributed by atoms with Gasteiger partial charge >= 0.3 is 17.7 Å². The molecule has 0 saturated heterocycles. The second kappa shape index (κ2) is 6.51. The summed E-state index contributed by atoms with van der Waals surface area (Å²) in [7, 11) is 1.24. The van der Waals surface area contributed by atoms with Crippen molar-refractivity contribution < 1.29 is 27.4 Å². The van der Waals surface area contributed by atoms with Crippen molar-refractivity contribution >= 4 is 5.97 Å². The van der Waals surface area contributed by atoms with E-state index in [1.54, 1.807) is 18.2 Å². The Morgan fingerprint density at radius 1 is 1.12 bits per heavy atom. The van der Waals surface area contributed by atoms with E-state index in [1.807, 2.05) is 0 Å². The lowest BCUT2D eigenvalue weighted by Gasteiger charge is -2.05. The van der Waals surface area contributed by atoms with Crippen LogP contribution in [-0.4, -0.2) is 23.0 Å². The molecule has 0 aliphatic heterocycles. The molecule has 1 heterocycles. The number of carbonyl (C=O) groups excluding carboxylic acids is 1. The molecule has 1 aromatic heterocycles. The topological polar surface area (TPSA) is 68.0 Å². The zero-order chi connectivity index (χ0) is 18.9. The van der Waals surface area contributed by atoms with Crippen molar-refractivity contribution in [3.63, 3.8) is 0 Å². The minimum atomic E-state index is -4.46. The number of methoxy groups -OCH3 is 1. The Morgan fingerprint density at radius 3 is 2.38 bits per heavy atom. The number of para-hydroxylation sites is 1. The highest BCUT2D eigenvalue weighted by atomic mass is 19.4. The van der Waals surface area contributed by atoms with Crippen molar-refractivity contribution in [1.29, 1.82) is 0 Å². The van der Waals surface area contributed by atoms with Gasteiger partial charge in [0, 0.05) is 0 Å². The van der Waals surface area contributed by atoms with Gasteiger partial charge < -0.3 is 4.74 Å². The molecule has 0 saturated carbocycles. The monoisotopic (exact) mass is 364 g/mol. The van der Waals surface area contributed by atoms with E-state index in [-0.39, 0.29) is 11.3 Å². The second-order valence-electron chi connectivity index (χ2n) is 5.33. The SMILES string of the molecule is COC(=O)c1ccccc1-[n+]1cc(=O)n(-c2ccc(C(F)(F)F)cc2)[nH]1. The maximum atomic E-state index is 12.7. The molecule has 0 unspecified atom stereocenters. The Hall–Kier alpha value is -3.36. The summed E-state index contributed by atoms with van der Waals surface area (Å²) in [5, 5.41) is 2.72. The third kappa shape index (κ3) is 3.23. The normalized spacial score (nSPS) is 11.4. The summed E-state index contributed by atoms with van der Waals surface area (Å²) in [6.07, 6.45) is -3.28. The van der Waals surface area contributed by atoms with Crippen LogP contribution in [0.3, 0.4) is 0 Å². The number of ether oxygens (including phenoxy) is 1. The standard InChI is InChI=1S/C17H12F3N3O3/c1-26-16(25)13-4-2-3-5-14(13)22-10-15(24)23(21-22)12-8-6-11(7-9-12)17(18,19)20/h2-10H,1H3/p+1. The molecule has 0 spiro atoms. The Kier molecular flexibility index (Phi) is 4.37. The third-order valence-corrected chi connectivity index (χ3v) is 3.69. The Morgan fingerprint density at radius 2 is 1.77 bits per heavy atom. The number of aromatic nitrogens is 3. The van der Waals surface area contributed by atoms with Gasteiger partial charge in [-0.3, -0.25) is 0 Å². The summed E-state index contributed by atoms with van der Waals surface area (Å²) < 4.78 is 45.0. The van der Waals surface area contributed by atoms with Gasteiger partial charge in [0.1, 0.15) is 5.56 Å². The molecular weight excluding hydrogens is 351 g/mol. The van der Waals surface area contributed by atoms with Crippen molar-refractivity contribution in [2.75, 3.05) is 7.11 Å². The number of rotatable bonds is 3. The van der Waals surface area contributed by atoms with Crippen LogP contribution in [0.15, 0.2) is 59.5 Å². The lowest BCUT2D eigenvalue weighted by atomic mass is 10.2. The fourth-order valence-corrected chi connectivity index (χ4v) is 2.43. The fourth-order valence-electron chi connectivity index (χ4n) is 2.43. The zero-order valence-electron chi connectivity index (χ0n) is 13.4. The van der Waals surface area contributed by atoms with Crippen molar-refractivity contribution in [2.45, 2.75) is 6.18 Å². The van der Waals surface area contributed by atoms with Gasteiger partial charge in [-0.1, -0.05) is 22.0 Å². The highest BCUT2D eigenvalue weighted by Gasteiger charge is 2.30. The molecule has 0 amide bonds. The van der Waals surface area contributed by atoms with Crippen molar-refractivity contribution in [3.8, 4) is 11.4 Å². The van der Waals surface area contributed by atoms with Crippen LogP contribution in [0, 0.1) is 0 Å². The molecule has 0 fully saturated rings. The maximum absolute atomic E-state index is 12.7. The average Bonchev–Trinajstić information content (AvgIpc) is 3.02. The number of nitrogens with one attached hydrogen (secondary N) is 1. The van der Waals surface area contributed by atoms with Gasteiger partial charge in [-0.2, -0.15) is 13.2 Å². The molecule has 0 radical (unpaired) electrons.